The number of hydrogen-bond donors (Lipinski definition) is 3. The van der Waals surface area contributed by atoms with Gasteiger partial charge >= 0.3 is 7.82 Å². The number of alkyl halides is 1. The molecular formula is C24H31F2N2O8PS. The zero-order chi connectivity index (χ0) is 28.4. The number of phosphoric acid groups is 1. The fourth-order valence-electron chi connectivity index (χ4n) is 4.27. The van der Waals surface area contributed by atoms with Gasteiger partial charge in [0.2, 0.25) is 0 Å². The van der Waals surface area contributed by atoms with Crippen LogP contribution in [-0.4, -0.2) is 44.4 Å². The van der Waals surface area contributed by atoms with E-state index in [1.165, 1.54) is 0 Å². The lowest BCUT2D eigenvalue weighted by Gasteiger charge is -2.34. The van der Waals surface area contributed by atoms with E-state index in [9.17, 15) is 19.6 Å². The molecular weight excluding hydrogens is 545 g/mol. The number of benzene rings is 1. The van der Waals surface area contributed by atoms with E-state index in [0.717, 1.165) is 16.8 Å². The standard InChI is InChI=1S/C24H31F2N2O8PS/c1-22(2,3)13-9-14(23(4,5)6)18-12(16(13)25)10-33-37(32,36-18)34-11-24(26)19(31)17(30)20(35-24)28-8-7-15(29)27-21(28)38/h7-9,17,19-20,30-31H,10-11H2,1-6H3,(H,27,29,38)/t17-,19+,20-,24-,37?/m1/s1. The van der Waals surface area contributed by atoms with Crippen LogP contribution in [0.3, 0.4) is 0 Å². The van der Waals surface area contributed by atoms with Crippen LogP contribution in [0.15, 0.2) is 23.1 Å². The Labute approximate surface area is 223 Å². The van der Waals surface area contributed by atoms with Crippen molar-refractivity contribution in [1.82, 2.24) is 9.55 Å². The van der Waals surface area contributed by atoms with Gasteiger partial charge in [0.25, 0.3) is 11.4 Å². The highest BCUT2D eigenvalue weighted by Gasteiger charge is 2.57. The van der Waals surface area contributed by atoms with E-state index in [1.54, 1.807) is 6.07 Å². The van der Waals surface area contributed by atoms with Crippen LogP contribution in [0.1, 0.15) is 64.5 Å². The van der Waals surface area contributed by atoms with E-state index >= 15 is 8.78 Å². The number of aliphatic hydroxyl groups excluding tert-OH is 2. The smallest absolute Gasteiger partial charge is 0.403 e. The maximum absolute atomic E-state index is 15.7. The zero-order valence-electron chi connectivity index (χ0n) is 21.8. The van der Waals surface area contributed by atoms with E-state index in [4.69, 9.17) is 30.5 Å². The summed E-state index contributed by atoms with van der Waals surface area (Å²) in [5.74, 6) is -3.64. The van der Waals surface area contributed by atoms with Gasteiger partial charge in [-0.05, 0) is 34.7 Å². The molecule has 1 fully saturated rings. The highest BCUT2D eigenvalue weighted by atomic mass is 32.1. The molecule has 5 atom stereocenters. The Balaban J connectivity index is 1.61. The first kappa shape index (κ1) is 29.0. The summed E-state index contributed by atoms with van der Waals surface area (Å²) in [5, 5.41) is 20.8. The number of aromatic nitrogens is 2. The number of aromatic amines is 1. The van der Waals surface area contributed by atoms with Gasteiger partial charge in [0.05, 0.1) is 12.2 Å². The molecule has 0 bridgehead atoms. The average molecular weight is 577 g/mol. The van der Waals surface area contributed by atoms with Gasteiger partial charge in [-0.3, -0.25) is 23.4 Å². The molecule has 1 unspecified atom stereocenters. The van der Waals surface area contributed by atoms with E-state index < -0.39 is 67.5 Å². The molecule has 1 saturated heterocycles. The monoisotopic (exact) mass is 576 g/mol. The molecule has 1 aromatic heterocycles. The van der Waals surface area contributed by atoms with Crippen molar-refractivity contribution in [2.45, 2.75) is 83.3 Å². The molecule has 0 spiro atoms. The number of aliphatic hydroxyl groups is 2. The van der Waals surface area contributed by atoms with E-state index in [-0.39, 0.29) is 16.1 Å². The molecule has 4 rings (SSSR count). The SMILES string of the molecule is CC(C)(C)c1cc(C(C)(C)C)c2c(c1F)COP(=O)(OC[C@@]1(F)O[C@@H](n3ccc(=O)[nH]c3=S)[C@H](O)[C@@H]1O)O2. The summed E-state index contributed by atoms with van der Waals surface area (Å²) in [4.78, 5) is 13.7. The normalized spacial score (nSPS) is 29.7. The molecule has 0 amide bonds. The van der Waals surface area contributed by atoms with Gasteiger partial charge < -0.3 is 19.5 Å². The quantitative estimate of drug-likeness (QED) is 0.360. The summed E-state index contributed by atoms with van der Waals surface area (Å²) >= 11 is 5.02. The largest absolute Gasteiger partial charge is 0.530 e. The Hall–Kier alpha value is -1.99. The van der Waals surface area contributed by atoms with E-state index in [1.807, 2.05) is 41.5 Å². The lowest BCUT2D eigenvalue weighted by atomic mass is 9.78. The molecule has 38 heavy (non-hydrogen) atoms. The number of phosphoric ester groups is 1. The summed E-state index contributed by atoms with van der Waals surface area (Å²) in [6, 6.07) is 2.72. The number of hydrogen-bond acceptors (Lipinski definition) is 9. The predicted molar refractivity (Wildman–Crippen MR) is 135 cm³/mol. The van der Waals surface area contributed by atoms with Gasteiger partial charge in [-0.1, -0.05) is 41.5 Å². The third-order valence-electron chi connectivity index (χ3n) is 6.41. The molecule has 0 radical (unpaired) electrons. The van der Waals surface area contributed by atoms with Crippen LogP contribution in [0, 0.1) is 10.6 Å². The highest BCUT2D eigenvalue weighted by Crippen LogP contribution is 2.58. The number of fused-ring (bicyclic) bond motifs is 1. The fourth-order valence-corrected chi connectivity index (χ4v) is 5.76. The molecule has 1 aromatic carbocycles. The van der Waals surface area contributed by atoms with Crippen LogP contribution >= 0.6 is 20.0 Å². The lowest BCUT2D eigenvalue weighted by molar-refractivity contribution is -0.205. The van der Waals surface area contributed by atoms with Gasteiger partial charge in [0, 0.05) is 17.8 Å². The van der Waals surface area contributed by atoms with Crippen LogP contribution in [0.25, 0.3) is 0 Å². The number of ether oxygens (including phenoxy) is 1. The maximum atomic E-state index is 15.7. The van der Waals surface area contributed by atoms with Crippen molar-refractivity contribution in [1.29, 1.82) is 0 Å². The third-order valence-corrected chi connectivity index (χ3v) is 8.02. The summed E-state index contributed by atoms with van der Waals surface area (Å²) in [7, 11) is -4.52. The number of nitrogens with one attached hydrogen (secondary N) is 1. The van der Waals surface area contributed by atoms with Crippen molar-refractivity contribution in [3.05, 3.63) is 56.0 Å². The van der Waals surface area contributed by atoms with Crippen LogP contribution in [-0.2, 0) is 35.8 Å². The van der Waals surface area contributed by atoms with Gasteiger partial charge in [-0.25, -0.2) is 13.3 Å². The minimum Gasteiger partial charge on any atom is -0.403 e. The van der Waals surface area contributed by atoms with Gasteiger partial charge in [0.15, 0.2) is 11.0 Å². The van der Waals surface area contributed by atoms with Gasteiger partial charge in [-0.2, -0.15) is 0 Å². The molecule has 2 aromatic rings. The molecule has 210 valence electrons. The fraction of sp³-hybridized carbons (Fsp3) is 0.583. The Morgan fingerprint density at radius 3 is 2.45 bits per heavy atom. The summed E-state index contributed by atoms with van der Waals surface area (Å²) in [6.45, 7) is 9.57. The first-order valence-electron chi connectivity index (χ1n) is 11.9. The van der Waals surface area contributed by atoms with Crippen molar-refractivity contribution >= 4 is 20.0 Å². The molecule has 3 heterocycles. The van der Waals surface area contributed by atoms with Gasteiger partial charge in [0.1, 0.15) is 30.4 Å². The Morgan fingerprint density at radius 1 is 1.24 bits per heavy atom. The minimum atomic E-state index is -4.52. The summed E-state index contributed by atoms with van der Waals surface area (Å²) in [5.41, 5.74) is -0.580. The highest BCUT2D eigenvalue weighted by molar-refractivity contribution is 7.71. The molecule has 2 aliphatic heterocycles. The topological polar surface area (TPSA) is 132 Å². The number of rotatable bonds is 4. The first-order valence-corrected chi connectivity index (χ1v) is 13.7. The lowest BCUT2D eigenvalue weighted by Crippen LogP contribution is -2.43. The van der Waals surface area contributed by atoms with Crippen LogP contribution in [0.2, 0.25) is 0 Å². The van der Waals surface area contributed by atoms with E-state index in [2.05, 4.69) is 4.98 Å². The second-order valence-electron chi connectivity index (χ2n) is 11.4. The molecule has 3 N–H and O–H groups in total. The average Bonchev–Trinajstić information content (AvgIpc) is 3.01. The number of halogens is 2. The molecule has 0 aliphatic carbocycles. The predicted octanol–water partition coefficient (Wildman–Crippen LogP) is 4.29. The number of nitrogens with zero attached hydrogens (tertiary/aromatic N) is 1. The van der Waals surface area contributed by atoms with E-state index in [0.29, 0.717) is 11.1 Å². The second-order valence-corrected chi connectivity index (χ2v) is 13.4. The van der Waals surface area contributed by atoms with Crippen molar-refractivity contribution in [2.24, 2.45) is 0 Å². The molecule has 10 nitrogen and oxygen atoms in total. The number of H-pyrrole nitrogens is 1. The Bertz CT molecular complexity index is 1420. The zero-order valence-corrected chi connectivity index (χ0v) is 23.5. The maximum Gasteiger partial charge on any atom is 0.530 e. The van der Waals surface area contributed by atoms with Crippen molar-refractivity contribution in [2.75, 3.05) is 6.61 Å². The van der Waals surface area contributed by atoms with Crippen molar-refractivity contribution < 1.29 is 41.9 Å². The molecule has 2 aliphatic rings. The van der Waals surface area contributed by atoms with Crippen molar-refractivity contribution in [3.63, 3.8) is 0 Å². The molecule has 14 heteroatoms. The summed E-state index contributed by atoms with van der Waals surface area (Å²) in [6.07, 6.45) is -4.35. The Morgan fingerprint density at radius 2 is 1.87 bits per heavy atom. The Kier molecular flexibility index (Phi) is 7.31. The summed E-state index contributed by atoms with van der Waals surface area (Å²) < 4.78 is 66.6. The minimum absolute atomic E-state index is 0.0177. The van der Waals surface area contributed by atoms with Crippen LogP contribution in [0.5, 0.6) is 5.75 Å². The van der Waals surface area contributed by atoms with Crippen molar-refractivity contribution in [3.8, 4) is 5.75 Å². The second kappa shape index (κ2) is 9.58. The van der Waals surface area contributed by atoms with Gasteiger partial charge in [-0.15, -0.1) is 0 Å². The third kappa shape index (κ3) is 5.25. The van der Waals surface area contributed by atoms with Crippen LogP contribution in [0.4, 0.5) is 8.78 Å². The molecule has 0 saturated carbocycles. The van der Waals surface area contributed by atoms with Crippen LogP contribution < -0.4 is 10.1 Å². The first-order chi connectivity index (χ1) is 17.4.